The molecule has 1 rings (SSSR count). The van der Waals surface area contributed by atoms with Gasteiger partial charge in [0.25, 0.3) is 0 Å². The summed E-state index contributed by atoms with van der Waals surface area (Å²) in [6.45, 7) is 0.601. The van der Waals surface area contributed by atoms with Crippen LogP contribution in [0.2, 0.25) is 11.6 Å². The van der Waals surface area contributed by atoms with Crippen molar-refractivity contribution in [3.63, 3.8) is 0 Å². The first kappa shape index (κ1) is 15.5. The van der Waals surface area contributed by atoms with Gasteiger partial charge in [0, 0.05) is 26.3 Å². The smallest absolute Gasteiger partial charge is 0.340 e. The summed E-state index contributed by atoms with van der Waals surface area (Å²) in [5.74, 6) is 0. The number of nitrogens with one attached hydrogen (secondary N) is 1. The number of primary amides is 1. The monoisotopic (exact) mass is 274 g/mol. The predicted molar refractivity (Wildman–Crippen MR) is 73.6 cm³/mol. The first-order valence-corrected chi connectivity index (χ1v) is 8.88. The van der Waals surface area contributed by atoms with Crippen molar-refractivity contribution in [2.45, 2.75) is 50.1 Å². The minimum absolute atomic E-state index is 0.463. The zero-order chi connectivity index (χ0) is 13.4. The van der Waals surface area contributed by atoms with Gasteiger partial charge in [-0.2, -0.15) is 0 Å². The molecule has 6 heteroatoms. The van der Waals surface area contributed by atoms with E-state index in [0.29, 0.717) is 12.1 Å². The maximum Gasteiger partial charge on any atom is 0.340 e. The minimum atomic E-state index is -2.11. The van der Waals surface area contributed by atoms with Gasteiger partial charge < -0.3 is 19.9 Å². The Morgan fingerprint density at radius 1 is 1.28 bits per heavy atom. The van der Waals surface area contributed by atoms with Crippen LogP contribution in [0.1, 0.15) is 38.5 Å². The third kappa shape index (κ3) is 4.26. The number of carbonyl (C=O) groups excluding carboxylic acids is 1. The van der Waals surface area contributed by atoms with Gasteiger partial charge in [-0.1, -0.05) is 19.3 Å². The second-order valence-electron chi connectivity index (χ2n) is 4.95. The number of carbonyl (C=O) groups is 1. The van der Waals surface area contributed by atoms with Crippen LogP contribution in [0, 0.1) is 0 Å². The van der Waals surface area contributed by atoms with E-state index in [1.54, 1.807) is 14.2 Å². The van der Waals surface area contributed by atoms with Crippen molar-refractivity contribution >= 4 is 14.6 Å². The normalized spacial score (nSPS) is 17.7. The molecule has 0 bridgehead atoms. The molecule has 0 aromatic rings. The number of hydrogen-bond donors (Lipinski definition) is 2. The molecule has 0 aromatic heterocycles. The van der Waals surface area contributed by atoms with Crippen LogP contribution in [0.15, 0.2) is 0 Å². The lowest BCUT2D eigenvalue weighted by Crippen LogP contribution is -2.46. The fraction of sp³-hybridized carbons (Fsp3) is 0.917. The summed E-state index contributed by atoms with van der Waals surface area (Å²) in [5, 5.41) is 2.62. The zero-order valence-electron chi connectivity index (χ0n) is 11.5. The van der Waals surface area contributed by atoms with Crippen molar-refractivity contribution in [2.75, 3.05) is 20.8 Å². The van der Waals surface area contributed by atoms with E-state index in [9.17, 15) is 4.79 Å². The standard InChI is InChI=1S/C12H26N2O3Si/c1-16-18(17-2,10-6-9-14-12(13)15)11-7-4-3-5-8-11/h11H,3-10H2,1-2H3,(H3,13,14,15). The van der Waals surface area contributed by atoms with E-state index < -0.39 is 14.6 Å². The van der Waals surface area contributed by atoms with Gasteiger partial charge in [0.05, 0.1) is 0 Å². The fourth-order valence-electron chi connectivity index (χ4n) is 2.91. The molecule has 0 saturated heterocycles. The summed E-state index contributed by atoms with van der Waals surface area (Å²) in [7, 11) is 1.43. The highest BCUT2D eigenvalue weighted by atomic mass is 28.4. The Kier molecular flexibility index (Phi) is 6.66. The Morgan fingerprint density at radius 3 is 2.39 bits per heavy atom. The van der Waals surface area contributed by atoms with Crippen molar-refractivity contribution in [1.29, 1.82) is 0 Å². The molecule has 1 saturated carbocycles. The highest BCUT2D eigenvalue weighted by molar-refractivity contribution is 6.69. The van der Waals surface area contributed by atoms with Crippen molar-refractivity contribution in [3.05, 3.63) is 0 Å². The molecule has 0 radical (unpaired) electrons. The van der Waals surface area contributed by atoms with E-state index in [0.717, 1.165) is 12.5 Å². The van der Waals surface area contributed by atoms with Crippen LogP contribution in [0.25, 0.3) is 0 Å². The number of hydrogen-bond acceptors (Lipinski definition) is 3. The third-order valence-electron chi connectivity index (χ3n) is 3.92. The Balaban J connectivity index is 2.47. The highest BCUT2D eigenvalue weighted by Crippen LogP contribution is 2.40. The number of amides is 2. The van der Waals surface area contributed by atoms with Gasteiger partial charge in [-0.25, -0.2) is 4.79 Å². The molecule has 0 heterocycles. The van der Waals surface area contributed by atoms with Crippen LogP contribution in [-0.2, 0) is 8.85 Å². The Labute approximate surface area is 111 Å². The lowest BCUT2D eigenvalue weighted by Gasteiger charge is -2.37. The molecule has 106 valence electrons. The van der Waals surface area contributed by atoms with Crippen LogP contribution >= 0.6 is 0 Å². The molecule has 1 fully saturated rings. The van der Waals surface area contributed by atoms with Crippen LogP contribution in [0.4, 0.5) is 4.79 Å². The Hall–Kier alpha value is -0.593. The average Bonchev–Trinajstić information content (AvgIpc) is 2.40. The summed E-state index contributed by atoms with van der Waals surface area (Å²) in [6.07, 6.45) is 7.20. The van der Waals surface area contributed by atoms with E-state index in [-0.39, 0.29) is 0 Å². The second kappa shape index (κ2) is 7.76. The van der Waals surface area contributed by atoms with Crippen LogP contribution < -0.4 is 11.1 Å². The molecule has 1 aliphatic rings. The first-order chi connectivity index (χ1) is 8.64. The predicted octanol–water partition coefficient (Wildman–Crippen LogP) is 2.11. The maximum absolute atomic E-state index is 10.6. The lowest BCUT2D eigenvalue weighted by atomic mass is 10.0. The molecule has 0 aliphatic heterocycles. The van der Waals surface area contributed by atoms with Gasteiger partial charge >= 0.3 is 14.6 Å². The first-order valence-electron chi connectivity index (χ1n) is 6.78. The highest BCUT2D eigenvalue weighted by Gasteiger charge is 2.43. The fourth-order valence-corrected chi connectivity index (χ4v) is 6.52. The van der Waals surface area contributed by atoms with Crippen LogP contribution in [-0.4, -0.2) is 35.4 Å². The van der Waals surface area contributed by atoms with Crippen molar-refractivity contribution < 1.29 is 13.6 Å². The molecular weight excluding hydrogens is 248 g/mol. The number of nitrogens with two attached hydrogens (primary N) is 1. The SMILES string of the molecule is CO[Si](CCCNC(N)=O)(OC)C1CCCCC1. The molecule has 0 spiro atoms. The van der Waals surface area contributed by atoms with E-state index in [1.165, 1.54) is 32.1 Å². The van der Waals surface area contributed by atoms with Gasteiger partial charge in [0.2, 0.25) is 0 Å². The van der Waals surface area contributed by atoms with Crippen LogP contribution in [0.5, 0.6) is 0 Å². The molecular formula is C12H26N2O3Si. The quantitative estimate of drug-likeness (QED) is 0.551. The van der Waals surface area contributed by atoms with Crippen LogP contribution in [0.3, 0.4) is 0 Å². The molecule has 3 N–H and O–H groups in total. The average molecular weight is 274 g/mol. The Morgan fingerprint density at radius 2 is 1.89 bits per heavy atom. The summed E-state index contributed by atoms with van der Waals surface area (Å²) in [5.41, 5.74) is 5.64. The second-order valence-corrected chi connectivity index (χ2v) is 8.71. The van der Waals surface area contributed by atoms with E-state index in [4.69, 9.17) is 14.6 Å². The molecule has 0 aromatic carbocycles. The largest absolute Gasteiger partial charge is 0.397 e. The van der Waals surface area contributed by atoms with E-state index in [2.05, 4.69) is 5.32 Å². The van der Waals surface area contributed by atoms with Gasteiger partial charge in [-0.05, 0) is 25.3 Å². The topological polar surface area (TPSA) is 73.6 Å². The van der Waals surface area contributed by atoms with Crippen molar-refractivity contribution in [3.8, 4) is 0 Å². The maximum atomic E-state index is 10.6. The van der Waals surface area contributed by atoms with E-state index >= 15 is 0 Å². The molecule has 0 unspecified atom stereocenters. The summed E-state index contributed by atoms with van der Waals surface area (Å²) >= 11 is 0. The van der Waals surface area contributed by atoms with Crippen molar-refractivity contribution in [1.82, 2.24) is 5.32 Å². The molecule has 2 amide bonds. The number of rotatable bonds is 7. The summed E-state index contributed by atoms with van der Waals surface area (Å²) in [4.78, 5) is 10.6. The van der Waals surface area contributed by atoms with Gasteiger partial charge in [-0.15, -0.1) is 0 Å². The molecule has 18 heavy (non-hydrogen) atoms. The van der Waals surface area contributed by atoms with Gasteiger partial charge in [0.15, 0.2) is 0 Å². The van der Waals surface area contributed by atoms with Gasteiger partial charge in [-0.3, -0.25) is 0 Å². The van der Waals surface area contributed by atoms with E-state index in [1.807, 2.05) is 0 Å². The molecule has 0 atom stereocenters. The molecule has 1 aliphatic carbocycles. The van der Waals surface area contributed by atoms with Crippen molar-refractivity contribution in [2.24, 2.45) is 5.73 Å². The third-order valence-corrected chi connectivity index (χ3v) is 8.17. The Bertz CT molecular complexity index is 254. The summed E-state index contributed by atoms with van der Waals surface area (Å²) in [6, 6.07) is 0.458. The zero-order valence-corrected chi connectivity index (χ0v) is 12.5. The summed E-state index contributed by atoms with van der Waals surface area (Å²) < 4.78 is 11.6. The lowest BCUT2D eigenvalue weighted by molar-refractivity contribution is 0.215. The molecule has 5 nitrogen and oxygen atoms in total. The minimum Gasteiger partial charge on any atom is -0.397 e. The number of urea groups is 1. The van der Waals surface area contributed by atoms with Gasteiger partial charge in [0.1, 0.15) is 0 Å².